The number of aliphatic hydroxyl groups excluding tert-OH is 1. The molecule has 114 valence electrons. The van der Waals surface area contributed by atoms with Crippen molar-refractivity contribution in [2.24, 2.45) is 0 Å². The maximum Gasteiger partial charge on any atom is 0.162 e. The molecule has 20 heavy (non-hydrogen) atoms. The van der Waals surface area contributed by atoms with E-state index in [9.17, 15) is 5.11 Å². The molecule has 0 radical (unpaired) electrons. The zero-order valence-electron chi connectivity index (χ0n) is 13.1. The highest BCUT2D eigenvalue weighted by atomic mass is 16.5. The van der Waals surface area contributed by atoms with Gasteiger partial charge in [0.05, 0.1) is 13.3 Å². The number of aromatic nitrogens is 2. The lowest BCUT2D eigenvalue weighted by atomic mass is 9.92. The minimum Gasteiger partial charge on any atom is -0.493 e. The number of rotatable bonds is 6. The fourth-order valence-electron chi connectivity index (χ4n) is 3.00. The molecule has 5 heteroatoms. The number of aryl methyl sites for hydroxylation is 1. The zero-order valence-corrected chi connectivity index (χ0v) is 13.1. The maximum absolute atomic E-state index is 10.9. The summed E-state index contributed by atoms with van der Waals surface area (Å²) in [5.74, 6) is 0.679. The molecule has 1 unspecified atom stereocenters. The molecule has 0 saturated carbocycles. The highest BCUT2D eigenvalue weighted by Crippen LogP contribution is 2.37. The van der Waals surface area contributed by atoms with Gasteiger partial charge in [0.15, 0.2) is 5.75 Å². The van der Waals surface area contributed by atoms with Gasteiger partial charge in [0.2, 0.25) is 0 Å². The first kappa shape index (κ1) is 15.3. The van der Waals surface area contributed by atoms with E-state index in [0.29, 0.717) is 5.75 Å². The molecule has 1 atom stereocenters. The van der Waals surface area contributed by atoms with Gasteiger partial charge in [0, 0.05) is 12.1 Å². The zero-order chi connectivity index (χ0) is 14.8. The Hall–Kier alpha value is -1.07. The molecule has 0 spiro atoms. The third kappa shape index (κ3) is 2.69. The Kier molecular flexibility index (Phi) is 4.70. The Morgan fingerprint density at radius 1 is 1.40 bits per heavy atom. The number of hydrogen-bond acceptors (Lipinski definition) is 4. The van der Waals surface area contributed by atoms with Gasteiger partial charge in [0.1, 0.15) is 11.8 Å². The number of ether oxygens (including phenoxy) is 1. The van der Waals surface area contributed by atoms with Gasteiger partial charge in [-0.1, -0.05) is 6.92 Å². The second-order valence-electron chi connectivity index (χ2n) is 6.07. The summed E-state index contributed by atoms with van der Waals surface area (Å²) < 4.78 is 7.27. The molecule has 5 nitrogen and oxygen atoms in total. The van der Waals surface area contributed by atoms with Crippen LogP contribution in [0.2, 0.25) is 0 Å². The van der Waals surface area contributed by atoms with Crippen LogP contribution in [0.15, 0.2) is 6.20 Å². The molecule has 1 aromatic heterocycles. The van der Waals surface area contributed by atoms with Crippen molar-refractivity contribution in [2.45, 2.75) is 58.2 Å². The van der Waals surface area contributed by atoms with Crippen LogP contribution in [0, 0.1) is 0 Å². The highest BCUT2D eigenvalue weighted by Gasteiger charge is 2.39. The lowest BCUT2D eigenvalue weighted by Crippen LogP contribution is -2.47. The van der Waals surface area contributed by atoms with Crippen LogP contribution in [0.3, 0.4) is 0 Å². The number of likely N-dealkylation sites (tertiary alicyclic amines) is 1. The van der Waals surface area contributed by atoms with Gasteiger partial charge in [0.25, 0.3) is 0 Å². The van der Waals surface area contributed by atoms with E-state index in [1.54, 1.807) is 13.3 Å². The Morgan fingerprint density at radius 2 is 2.05 bits per heavy atom. The standard InChI is InChI=1S/C15H27N3O2/c1-5-8-18-13(12(20-4)11-16-18)14(19)15(2,3)17-9-6-7-10-17/h11,14,19H,5-10H2,1-4H3. The van der Waals surface area contributed by atoms with Crippen molar-refractivity contribution < 1.29 is 9.84 Å². The average Bonchev–Trinajstić information content (AvgIpc) is 3.07. The maximum atomic E-state index is 10.9. The lowest BCUT2D eigenvalue weighted by molar-refractivity contribution is -0.00517. The summed E-state index contributed by atoms with van der Waals surface area (Å²) in [5.41, 5.74) is 0.487. The number of nitrogens with zero attached hydrogens (tertiary/aromatic N) is 3. The van der Waals surface area contributed by atoms with E-state index in [-0.39, 0.29) is 5.54 Å². The van der Waals surface area contributed by atoms with E-state index in [2.05, 4.69) is 30.8 Å². The predicted octanol–water partition coefficient (Wildman–Crippen LogP) is 2.21. The van der Waals surface area contributed by atoms with Crippen LogP contribution in [0.5, 0.6) is 5.75 Å². The minimum atomic E-state index is -0.607. The average molecular weight is 281 g/mol. The molecule has 0 amide bonds. The van der Waals surface area contributed by atoms with E-state index >= 15 is 0 Å². The van der Waals surface area contributed by atoms with Gasteiger partial charge < -0.3 is 9.84 Å². The molecule has 0 aromatic carbocycles. The molecule has 2 heterocycles. The van der Waals surface area contributed by atoms with Crippen LogP contribution in [0.4, 0.5) is 0 Å². The molecule has 1 saturated heterocycles. The van der Waals surface area contributed by atoms with Crippen LogP contribution >= 0.6 is 0 Å². The third-order valence-corrected chi connectivity index (χ3v) is 4.35. The summed E-state index contributed by atoms with van der Waals surface area (Å²) in [6.07, 6.45) is 4.50. The van der Waals surface area contributed by atoms with Crippen LogP contribution in [0.1, 0.15) is 51.8 Å². The van der Waals surface area contributed by atoms with Gasteiger partial charge in [-0.2, -0.15) is 5.10 Å². The summed E-state index contributed by atoms with van der Waals surface area (Å²) >= 11 is 0. The van der Waals surface area contributed by atoms with Crippen LogP contribution in [-0.2, 0) is 6.54 Å². The second kappa shape index (κ2) is 6.14. The molecule has 2 rings (SSSR count). The van der Waals surface area contributed by atoms with Crippen LogP contribution < -0.4 is 4.74 Å². The van der Waals surface area contributed by atoms with E-state index in [1.807, 2.05) is 4.68 Å². The predicted molar refractivity (Wildman–Crippen MR) is 78.9 cm³/mol. The van der Waals surface area contributed by atoms with Gasteiger partial charge in [-0.25, -0.2) is 0 Å². The van der Waals surface area contributed by atoms with E-state index < -0.39 is 6.10 Å². The molecule has 0 bridgehead atoms. The smallest absolute Gasteiger partial charge is 0.162 e. The van der Waals surface area contributed by atoms with Crippen LogP contribution in [0.25, 0.3) is 0 Å². The first-order valence-electron chi connectivity index (χ1n) is 7.55. The molecule has 1 N–H and O–H groups in total. The van der Waals surface area contributed by atoms with Crippen molar-refractivity contribution in [1.29, 1.82) is 0 Å². The number of hydrogen-bond donors (Lipinski definition) is 1. The summed E-state index contributed by atoms with van der Waals surface area (Å²) in [4.78, 5) is 2.36. The Labute approximate surface area is 121 Å². The normalized spacial score (nSPS) is 18.4. The second-order valence-corrected chi connectivity index (χ2v) is 6.07. The third-order valence-electron chi connectivity index (χ3n) is 4.35. The fourth-order valence-corrected chi connectivity index (χ4v) is 3.00. The van der Waals surface area contributed by atoms with Crippen molar-refractivity contribution in [1.82, 2.24) is 14.7 Å². The topological polar surface area (TPSA) is 50.5 Å². The summed E-state index contributed by atoms with van der Waals surface area (Å²) in [7, 11) is 1.63. The SMILES string of the molecule is CCCn1ncc(OC)c1C(O)C(C)(C)N1CCCC1. The van der Waals surface area contributed by atoms with E-state index in [1.165, 1.54) is 12.8 Å². The van der Waals surface area contributed by atoms with Crippen molar-refractivity contribution in [3.63, 3.8) is 0 Å². The van der Waals surface area contributed by atoms with Gasteiger partial charge in [-0.15, -0.1) is 0 Å². The van der Waals surface area contributed by atoms with Crippen molar-refractivity contribution in [2.75, 3.05) is 20.2 Å². The largest absolute Gasteiger partial charge is 0.493 e. The summed E-state index contributed by atoms with van der Waals surface area (Å²) in [5, 5.41) is 15.3. The first-order valence-corrected chi connectivity index (χ1v) is 7.55. The highest BCUT2D eigenvalue weighted by molar-refractivity contribution is 5.29. The van der Waals surface area contributed by atoms with Gasteiger partial charge >= 0.3 is 0 Å². The monoisotopic (exact) mass is 281 g/mol. The Morgan fingerprint density at radius 3 is 2.60 bits per heavy atom. The Balaban J connectivity index is 2.30. The van der Waals surface area contributed by atoms with Gasteiger partial charge in [-0.3, -0.25) is 9.58 Å². The fraction of sp³-hybridized carbons (Fsp3) is 0.800. The Bertz CT molecular complexity index is 436. The molecule has 1 aromatic rings. The van der Waals surface area contributed by atoms with Crippen LogP contribution in [-0.4, -0.2) is 45.5 Å². The van der Waals surface area contributed by atoms with Crippen molar-refractivity contribution >= 4 is 0 Å². The summed E-state index contributed by atoms with van der Waals surface area (Å²) in [6.45, 7) is 9.21. The number of aliphatic hydroxyl groups is 1. The van der Waals surface area contributed by atoms with E-state index in [4.69, 9.17) is 4.74 Å². The molecular weight excluding hydrogens is 254 g/mol. The van der Waals surface area contributed by atoms with Crippen molar-refractivity contribution in [3.8, 4) is 5.75 Å². The molecule has 1 aliphatic rings. The quantitative estimate of drug-likeness (QED) is 0.868. The lowest BCUT2D eigenvalue weighted by Gasteiger charge is -2.39. The molecule has 1 fully saturated rings. The summed E-state index contributed by atoms with van der Waals surface area (Å²) in [6, 6.07) is 0. The minimum absolute atomic E-state index is 0.310. The number of methoxy groups -OCH3 is 1. The molecule has 1 aliphatic heterocycles. The van der Waals surface area contributed by atoms with Gasteiger partial charge in [-0.05, 0) is 46.2 Å². The molecular formula is C15H27N3O2. The van der Waals surface area contributed by atoms with Crippen molar-refractivity contribution in [3.05, 3.63) is 11.9 Å². The molecule has 0 aliphatic carbocycles. The first-order chi connectivity index (χ1) is 9.52. The van der Waals surface area contributed by atoms with E-state index in [0.717, 1.165) is 31.7 Å².